The van der Waals surface area contributed by atoms with E-state index in [2.05, 4.69) is 27.9 Å². The van der Waals surface area contributed by atoms with Gasteiger partial charge in [-0.1, -0.05) is 103 Å². The van der Waals surface area contributed by atoms with E-state index in [1.165, 1.54) is 4.90 Å². The molecular formula is C46H49IN2O9. The van der Waals surface area contributed by atoms with Crippen molar-refractivity contribution < 1.29 is 43.2 Å². The summed E-state index contributed by atoms with van der Waals surface area (Å²) in [6.45, 7) is 4.88. The molecule has 58 heavy (non-hydrogen) atoms. The van der Waals surface area contributed by atoms with Gasteiger partial charge in [0.1, 0.15) is 30.0 Å². The smallest absolute Gasteiger partial charge is 0.339 e. The van der Waals surface area contributed by atoms with E-state index >= 15 is 0 Å². The number of esters is 2. The van der Waals surface area contributed by atoms with Gasteiger partial charge in [0.2, 0.25) is 17.6 Å². The number of nitrogens with one attached hydrogen (secondary N) is 1. The minimum Gasteiger partial charge on any atom is -0.460 e. The van der Waals surface area contributed by atoms with Gasteiger partial charge in [-0.3, -0.25) is 14.4 Å². The van der Waals surface area contributed by atoms with Crippen LogP contribution in [-0.4, -0.2) is 83.4 Å². The Morgan fingerprint density at radius 1 is 0.879 bits per heavy atom. The van der Waals surface area contributed by atoms with Gasteiger partial charge < -0.3 is 34.3 Å². The van der Waals surface area contributed by atoms with Crippen LogP contribution in [0.5, 0.6) is 0 Å². The zero-order chi connectivity index (χ0) is 41.5. The van der Waals surface area contributed by atoms with E-state index in [1.54, 1.807) is 46.0 Å². The number of ether oxygens (including phenoxy) is 4. The predicted octanol–water partition coefficient (Wildman–Crippen LogP) is 6.50. The maximum atomic E-state index is 14.7. The van der Waals surface area contributed by atoms with Crippen LogP contribution in [0.15, 0.2) is 127 Å². The molecule has 12 heteroatoms. The van der Waals surface area contributed by atoms with Crippen LogP contribution in [-0.2, 0) is 45.5 Å². The monoisotopic (exact) mass is 900 g/mol. The van der Waals surface area contributed by atoms with Crippen molar-refractivity contribution in [3.63, 3.8) is 0 Å². The molecule has 1 heterocycles. The zero-order valence-electron chi connectivity index (χ0n) is 33.0. The summed E-state index contributed by atoms with van der Waals surface area (Å²) in [5, 5.41) is 13.1. The molecule has 5 atom stereocenters. The second-order valence-corrected chi connectivity index (χ2v) is 16.6. The maximum Gasteiger partial charge on any atom is 0.339 e. The second kappa shape index (κ2) is 18.8. The van der Waals surface area contributed by atoms with Crippen molar-refractivity contribution in [2.45, 2.75) is 88.2 Å². The highest BCUT2D eigenvalue weighted by atomic mass is 127. The molecule has 2 N–H and O–H groups in total. The van der Waals surface area contributed by atoms with E-state index in [9.17, 15) is 24.3 Å². The van der Waals surface area contributed by atoms with Crippen LogP contribution in [0.25, 0.3) is 0 Å². The Morgan fingerprint density at radius 2 is 1.47 bits per heavy atom. The van der Waals surface area contributed by atoms with Crippen LogP contribution in [0.3, 0.4) is 0 Å². The van der Waals surface area contributed by atoms with Crippen LogP contribution in [0.1, 0.15) is 67.1 Å². The van der Waals surface area contributed by atoms with Gasteiger partial charge in [-0.05, 0) is 73.6 Å². The number of aliphatic hydroxyl groups is 1. The average Bonchev–Trinajstić information content (AvgIpc) is 3.63. The van der Waals surface area contributed by atoms with E-state index in [1.807, 2.05) is 103 Å². The summed E-state index contributed by atoms with van der Waals surface area (Å²) >= 11 is 2.09. The van der Waals surface area contributed by atoms with Crippen LogP contribution in [0, 0.1) is 3.57 Å². The Balaban J connectivity index is 1.32. The summed E-state index contributed by atoms with van der Waals surface area (Å²) in [6, 6.07) is 33.6. The largest absolute Gasteiger partial charge is 0.460 e. The fourth-order valence-corrected chi connectivity index (χ4v) is 7.82. The summed E-state index contributed by atoms with van der Waals surface area (Å²) in [5.74, 6) is -3.39. The normalized spacial score (nSPS) is 19.5. The third kappa shape index (κ3) is 10.2. The topological polar surface area (TPSA) is 141 Å². The molecule has 1 aliphatic heterocycles. The fourth-order valence-electron chi connectivity index (χ4n) is 7.21. The van der Waals surface area contributed by atoms with Gasteiger partial charge in [0.25, 0.3) is 0 Å². The number of aliphatic hydroxyl groups excluding tert-OH is 1. The highest BCUT2D eigenvalue weighted by Gasteiger charge is 2.55. The van der Waals surface area contributed by atoms with Gasteiger partial charge in [-0.2, -0.15) is 0 Å². The molecular weight excluding hydrogens is 851 g/mol. The Kier molecular flexibility index (Phi) is 13.8. The van der Waals surface area contributed by atoms with Crippen LogP contribution in [0.2, 0.25) is 0 Å². The number of hydrogen-bond donors (Lipinski definition) is 2. The van der Waals surface area contributed by atoms with E-state index in [4.69, 9.17) is 18.9 Å². The van der Waals surface area contributed by atoms with Crippen molar-refractivity contribution in [2.24, 2.45) is 0 Å². The molecule has 1 saturated heterocycles. The minimum absolute atomic E-state index is 0.0165. The number of fused-ring (bicyclic) bond motifs is 1. The van der Waals surface area contributed by atoms with E-state index in [0.717, 1.165) is 16.7 Å². The lowest BCUT2D eigenvalue weighted by Crippen LogP contribution is -2.53. The predicted molar refractivity (Wildman–Crippen MR) is 225 cm³/mol. The lowest BCUT2D eigenvalue weighted by Gasteiger charge is -2.34. The molecule has 0 saturated carbocycles. The molecule has 1 fully saturated rings. The van der Waals surface area contributed by atoms with Gasteiger partial charge in [0.15, 0.2) is 0 Å². The van der Waals surface area contributed by atoms with Gasteiger partial charge in [0, 0.05) is 46.6 Å². The summed E-state index contributed by atoms with van der Waals surface area (Å²) in [7, 11) is 1.55. The van der Waals surface area contributed by atoms with Crippen LogP contribution in [0.4, 0.5) is 0 Å². The number of hydrogen-bond acceptors (Lipinski definition) is 9. The second-order valence-electron chi connectivity index (χ2n) is 15.5. The molecule has 1 aliphatic carbocycles. The summed E-state index contributed by atoms with van der Waals surface area (Å²) < 4.78 is 26.1. The average molecular weight is 901 g/mol. The molecule has 0 spiro atoms. The first kappa shape index (κ1) is 42.7. The third-order valence-corrected chi connectivity index (χ3v) is 11.0. The summed E-state index contributed by atoms with van der Waals surface area (Å²) in [5.41, 5.74) is 2.23. The number of carbonyl (C=O) groups excluding carboxylic acids is 4. The van der Waals surface area contributed by atoms with Crippen molar-refractivity contribution >= 4 is 46.3 Å². The van der Waals surface area contributed by atoms with E-state index in [0.29, 0.717) is 9.13 Å². The number of benzene rings is 4. The lowest BCUT2D eigenvalue weighted by atomic mass is 9.90. The Morgan fingerprint density at radius 3 is 2.05 bits per heavy atom. The van der Waals surface area contributed by atoms with Crippen LogP contribution < -0.4 is 5.32 Å². The molecule has 0 radical (unpaired) electrons. The van der Waals surface area contributed by atoms with Crippen LogP contribution >= 0.6 is 22.6 Å². The molecule has 0 aromatic heterocycles. The van der Waals surface area contributed by atoms with E-state index < -0.39 is 72.1 Å². The Hall–Kier alpha value is -4.89. The number of rotatable bonds is 14. The van der Waals surface area contributed by atoms with Crippen molar-refractivity contribution in [2.75, 3.05) is 13.7 Å². The minimum atomic E-state index is -1.39. The van der Waals surface area contributed by atoms with Crippen molar-refractivity contribution in [3.05, 3.63) is 153 Å². The number of carbonyl (C=O) groups is 4. The van der Waals surface area contributed by atoms with Crippen molar-refractivity contribution in [1.82, 2.24) is 10.2 Å². The first-order valence-corrected chi connectivity index (χ1v) is 20.4. The highest BCUT2D eigenvalue weighted by Crippen LogP contribution is 2.47. The number of amides is 2. The highest BCUT2D eigenvalue weighted by molar-refractivity contribution is 14.1. The maximum absolute atomic E-state index is 14.7. The SMILES string of the molecule is CN(C(=O)C1=CC2OC(c3ccccc3)(c3ccccc3)OC2C(OC(=O)c2ccccc2I)C1)C(Cc1ccccc1)C(=O)NC(CO)CCC(=O)OC(C)(C)C. The molecule has 5 unspecified atom stereocenters. The molecule has 4 aromatic carbocycles. The van der Waals surface area contributed by atoms with E-state index in [-0.39, 0.29) is 31.3 Å². The molecule has 304 valence electrons. The quantitative estimate of drug-likeness (QED) is 0.107. The van der Waals surface area contributed by atoms with Gasteiger partial charge in [-0.25, -0.2) is 4.79 Å². The Bertz CT molecular complexity index is 2050. The third-order valence-electron chi connectivity index (χ3n) is 10.1. The number of nitrogens with zero attached hydrogens (tertiary/aromatic N) is 1. The first-order valence-electron chi connectivity index (χ1n) is 19.3. The Labute approximate surface area is 352 Å². The number of halogens is 1. The van der Waals surface area contributed by atoms with Gasteiger partial charge in [-0.15, -0.1) is 0 Å². The van der Waals surface area contributed by atoms with Crippen molar-refractivity contribution in [3.8, 4) is 0 Å². The molecule has 0 bridgehead atoms. The molecule has 6 rings (SSSR count). The standard InChI is InChI=1S/C46H49IN2O9/c1-45(2,3)57-40(51)25-24-34(29-50)48-42(52)37(26-30-16-8-5-9-17-30)49(4)43(53)31-27-38(55-44(54)35-22-14-15-23-36(35)47)41-39(28-31)56-46(58-41,32-18-10-6-11-19-32)33-20-12-7-13-21-33/h5-23,28,34,37-39,41,50H,24-27,29H2,1-4H3,(H,48,52). The first-order chi connectivity index (χ1) is 27.8. The summed E-state index contributed by atoms with van der Waals surface area (Å²) in [4.78, 5) is 56.5. The zero-order valence-corrected chi connectivity index (χ0v) is 35.2. The number of likely N-dealkylation sites (N-methyl/N-ethyl adjacent to an activating group) is 1. The molecule has 2 amide bonds. The lowest BCUT2D eigenvalue weighted by molar-refractivity contribution is -0.157. The van der Waals surface area contributed by atoms with Gasteiger partial charge >= 0.3 is 11.9 Å². The fraction of sp³-hybridized carbons (Fsp3) is 0.348. The molecule has 11 nitrogen and oxygen atoms in total. The van der Waals surface area contributed by atoms with Crippen molar-refractivity contribution in [1.29, 1.82) is 0 Å². The molecule has 2 aliphatic rings. The summed E-state index contributed by atoms with van der Waals surface area (Å²) in [6.07, 6.45) is -0.611. The van der Waals surface area contributed by atoms with Gasteiger partial charge in [0.05, 0.1) is 18.2 Å². The molecule has 4 aromatic rings.